The van der Waals surface area contributed by atoms with Crippen LogP contribution in [0.4, 0.5) is 5.69 Å². The highest BCUT2D eigenvalue weighted by molar-refractivity contribution is 7.89. The van der Waals surface area contributed by atoms with E-state index in [1.807, 2.05) is 21.0 Å². The van der Waals surface area contributed by atoms with Crippen LogP contribution in [0.25, 0.3) is 0 Å². The van der Waals surface area contributed by atoms with Gasteiger partial charge >= 0.3 is 0 Å². The Labute approximate surface area is 157 Å². The number of aryl methyl sites for hydroxylation is 1. The Morgan fingerprint density at radius 2 is 1.65 bits per heavy atom. The van der Waals surface area contributed by atoms with Crippen molar-refractivity contribution in [3.05, 3.63) is 54.1 Å². The summed E-state index contributed by atoms with van der Waals surface area (Å²) in [5.74, 6) is 0.687. The Kier molecular flexibility index (Phi) is 7.48. The van der Waals surface area contributed by atoms with E-state index in [0.29, 0.717) is 18.9 Å². The summed E-state index contributed by atoms with van der Waals surface area (Å²) >= 11 is 0. The van der Waals surface area contributed by atoms with Crippen LogP contribution in [-0.2, 0) is 16.4 Å². The molecular weight excluding hydrogens is 348 g/mol. The van der Waals surface area contributed by atoms with Gasteiger partial charge in [0, 0.05) is 26.3 Å². The van der Waals surface area contributed by atoms with Crippen LogP contribution in [0.3, 0.4) is 0 Å². The molecule has 0 saturated carbocycles. The molecule has 0 aliphatic heterocycles. The lowest BCUT2D eigenvalue weighted by molar-refractivity contribution is 0.317. The third-order valence-corrected chi connectivity index (χ3v) is 5.47. The SMILES string of the molecule is CCCOc1ccc(S(=O)(=O)NCCCc2ccc(N(C)C)cc2)cc1. The van der Waals surface area contributed by atoms with E-state index in [9.17, 15) is 8.42 Å². The maximum absolute atomic E-state index is 12.3. The number of nitrogens with zero attached hydrogens (tertiary/aromatic N) is 1. The van der Waals surface area contributed by atoms with Crippen molar-refractivity contribution in [2.75, 3.05) is 32.1 Å². The van der Waals surface area contributed by atoms with Crippen molar-refractivity contribution in [2.24, 2.45) is 0 Å². The lowest BCUT2D eigenvalue weighted by Crippen LogP contribution is -2.25. The second-order valence-corrected chi connectivity index (χ2v) is 8.15. The zero-order chi connectivity index (χ0) is 19.0. The van der Waals surface area contributed by atoms with E-state index >= 15 is 0 Å². The normalized spacial score (nSPS) is 11.3. The molecule has 2 aromatic carbocycles. The monoisotopic (exact) mass is 376 g/mol. The minimum Gasteiger partial charge on any atom is -0.494 e. The third-order valence-electron chi connectivity index (χ3n) is 3.99. The second-order valence-electron chi connectivity index (χ2n) is 6.38. The molecular formula is C20H28N2O3S. The van der Waals surface area contributed by atoms with Crippen molar-refractivity contribution >= 4 is 15.7 Å². The summed E-state index contributed by atoms with van der Waals surface area (Å²) in [6.45, 7) is 3.06. The Hall–Kier alpha value is -2.05. The zero-order valence-corrected chi connectivity index (χ0v) is 16.6. The maximum Gasteiger partial charge on any atom is 0.240 e. The topological polar surface area (TPSA) is 58.6 Å². The van der Waals surface area contributed by atoms with Crippen LogP contribution in [0.5, 0.6) is 5.75 Å². The van der Waals surface area contributed by atoms with Gasteiger partial charge in [-0.2, -0.15) is 0 Å². The number of ether oxygens (including phenoxy) is 1. The molecule has 0 unspecified atom stereocenters. The molecule has 0 radical (unpaired) electrons. The summed E-state index contributed by atoms with van der Waals surface area (Å²) < 4.78 is 32.8. The molecule has 0 atom stereocenters. The molecule has 2 aromatic rings. The molecule has 26 heavy (non-hydrogen) atoms. The first-order valence-corrected chi connectivity index (χ1v) is 10.4. The van der Waals surface area contributed by atoms with Gasteiger partial charge < -0.3 is 9.64 Å². The van der Waals surface area contributed by atoms with Crippen LogP contribution < -0.4 is 14.4 Å². The van der Waals surface area contributed by atoms with E-state index < -0.39 is 10.0 Å². The van der Waals surface area contributed by atoms with E-state index in [-0.39, 0.29) is 4.90 Å². The smallest absolute Gasteiger partial charge is 0.240 e. The molecule has 5 nitrogen and oxygen atoms in total. The number of hydrogen-bond donors (Lipinski definition) is 1. The fourth-order valence-electron chi connectivity index (χ4n) is 2.48. The average Bonchev–Trinajstić information content (AvgIpc) is 2.64. The summed E-state index contributed by atoms with van der Waals surface area (Å²) in [7, 11) is 0.530. The lowest BCUT2D eigenvalue weighted by atomic mass is 10.1. The van der Waals surface area contributed by atoms with E-state index in [1.54, 1.807) is 24.3 Å². The molecule has 0 spiro atoms. The fourth-order valence-corrected chi connectivity index (χ4v) is 3.55. The van der Waals surface area contributed by atoms with E-state index in [4.69, 9.17) is 4.74 Å². The molecule has 2 rings (SSSR count). The molecule has 0 saturated heterocycles. The summed E-state index contributed by atoms with van der Waals surface area (Å²) in [5.41, 5.74) is 2.35. The van der Waals surface area contributed by atoms with Gasteiger partial charge in [-0.25, -0.2) is 13.1 Å². The molecule has 1 N–H and O–H groups in total. The molecule has 0 fully saturated rings. The quantitative estimate of drug-likeness (QED) is 0.645. The van der Waals surface area contributed by atoms with E-state index in [0.717, 1.165) is 24.9 Å². The number of sulfonamides is 1. The minimum atomic E-state index is -3.48. The minimum absolute atomic E-state index is 0.261. The van der Waals surface area contributed by atoms with E-state index in [2.05, 4.69) is 33.9 Å². The summed E-state index contributed by atoms with van der Waals surface area (Å²) in [6.07, 6.45) is 2.50. The third kappa shape index (κ3) is 6.04. The molecule has 0 heterocycles. The highest BCUT2D eigenvalue weighted by Crippen LogP contribution is 2.16. The molecule has 0 bridgehead atoms. The average molecular weight is 377 g/mol. The van der Waals surface area contributed by atoms with Gasteiger partial charge in [-0.3, -0.25) is 0 Å². The van der Waals surface area contributed by atoms with Crippen molar-refractivity contribution in [1.82, 2.24) is 4.72 Å². The van der Waals surface area contributed by atoms with E-state index in [1.165, 1.54) is 5.56 Å². The van der Waals surface area contributed by atoms with Crippen LogP contribution in [0.2, 0.25) is 0 Å². The van der Waals surface area contributed by atoms with Crippen molar-refractivity contribution < 1.29 is 13.2 Å². The fraction of sp³-hybridized carbons (Fsp3) is 0.400. The number of nitrogens with one attached hydrogen (secondary N) is 1. The van der Waals surface area contributed by atoms with Crippen molar-refractivity contribution in [2.45, 2.75) is 31.1 Å². The molecule has 0 amide bonds. The van der Waals surface area contributed by atoms with Gasteiger partial charge in [0.2, 0.25) is 10.0 Å². The molecule has 0 aromatic heterocycles. The summed E-state index contributed by atoms with van der Waals surface area (Å²) in [6, 6.07) is 14.8. The number of rotatable bonds is 10. The van der Waals surface area contributed by atoms with Gasteiger partial charge in [0.25, 0.3) is 0 Å². The summed E-state index contributed by atoms with van der Waals surface area (Å²) in [4.78, 5) is 2.31. The Balaban J connectivity index is 1.82. The first-order valence-electron chi connectivity index (χ1n) is 8.91. The lowest BCUT2D eigenvalue weighted by Gasteiger charge is -2.12. The zero-order valence-electron chi connectivity index (χ0n) is 15.7. The van der Waals surface area contributed by atoms with Gasteiger partial charge in [0.15, 0.2) is 0 Å². The number of hydrogen-bond acceptors (Lipinski definition) is 4. The van der Waals surface area contributed by atoms with Crippen LogP contribution in [0.1, 0.15) is 25.3 Å². The van der Waals surface area contributed by atoms with Gasteiger partial charge in [0.05, 0.1) is 11.5 Å². The number of benzene rings is 2. The molecule has 0 aliphatic rings. The molecule has 0 aliphatic carbocycles. The highest BCUT2D eigenvalue weighted by atomic mass is 32.2. The first kappa shape index (κ1) is 20.3. The van der Waals surface area contributed by atoms with Crippen molar-refractivity contribution in [1.29, 1.82) is 0 Å². The Morgan fingerprint density at radius 1 is 1.00 bits per heavy atom. The van der Waals surface area contributed by atoms with Gasteiger partial charge in [-0.05, 0) is 61.2 Å². The van der Waals surface area contributed by atoms with Crippen LogP contribution in [0.15, 0.2) is 53.4 Å². The van der Waals surface area contributed by atoms with Crippen LogP contribution in [0, 0.1) is 0 Å². The van der Waals surface area contributed by atoms with Gasteiger partial charge in [-0.1, -0.05) is 19.1 Å². The predicted molar refractivity (Wildman–Crippen MR) is 107 cm³/mol. The molecule has 6 heteroatoms. The summed E-state index contributed by atoms with van der Waals surface area (Å²) in [5, 5.41) is 0. The van der Waals surface area contributed by atoms with Gasteiger partial charge in [0.1, 0.15) is 5.75 Å². The molecule has 142 valence electrons. The standard InChI is InChI=1S/C20H28N2O3S/c1-4-16-25-19-11-13-20(14-12-19)26(23,24)21-15-5-6-17-7-9-18(10-8-17)22(2)3/h7-14,21H,4-6,15-16H2,1-3H3. The maximum atomic E-state index is 12.3. The Morgan fingerprint density at radius 3 is 2.23 bits per heavy atom. The first-order chi connectivity index (χ1) is 12.4. The second kappa shape index (κ2) is 9.59. The predicted octanol–water partition coefficient (Wildman–Crippen LogP) is 3.45. The Bertz CT molecular complexity index is 770. The number of anilines is 1. The largest absolute Gasteiger partial charge is 0.494 e. The highest BCUT2D eigenvalue weighted by Gasteiger charge is 2.13. The van der Waals surface area contributed by atoms with Crippen molar-refractivity contribution in [3.8, 4) is 5.75 Å². The van der Waals surface area contributed by atoms with Crippen LogP contribution in [-0.4, -0.2) is 35.7 Å². The van der Waals surface area contributed by atoms with Gasteiger partial charge in [-0.15, -0.1) is 0 Å². The van der Waals surface area contributed by atoms with Crippen molar-refractivity contribution in [3.63, 3.8) is 0 Å². The van der Waals surface area contributed by atoms with Crippen LogP contribution >= 0.6 is 0 Å².